The van der Waals surface area contributed by atoms with Crippen molar-refractivity contribution in [2.75, 3.05) is 6.61 Å². The third kappa shape index (κ3) is 6.40. The van der Waals surface area contributed by atoms with Gasteiger partial charge in [-0.05, 0) is 42.7 Å². The smallest absolute Gasteiger partial charge is 0.416 e. The summed E-state index contributed by atoms with van der Waals surface area (Å²) in [5.41, 5.74) is -0.956. The van der Waals surface area contributed by atoms with Crippen LogP contribution < -0.4 is 10.6 Å². The summed E-state index contributed by atoms with van der Waals surface area (Å²) in [6.45, 7) is -0.711. The lowest BCUT2D eigenvalue weighted by molar-refractivity contribution is -0.143. The van der Waals surface area contributed by atoms with Crippen molar-refractivity contribution in [1.29, 1.82) is 0 Å². The summed E-state index contributed by atoms with van der Waals surface area (Å²) in [6.07, 6.45) is -0.984. The maximum atomic E-state index is 12.7. The molecule has 0 unspecified atom stereocenters. The van der Waals surface area contributed by atoms with Crippen LogP contribution in [-0.4, -0.2) is 30.6 Å². The van der Waals surface area contributed by atoms with Crippen LogP contribution in [0.3, 0.4) is 0 Å². The standard InChI is InChI=1S/C16H14ClF3N2O4/c17-12-5-2-10(16(18,19)20)7-9(12)1-6-14(24)26-8-13(23)22-15(25)21-11-3-4-11/h1-2,5-7,11H,3-4,8H2,(H2,21,22,23,25)/b6-1+. The molecule has 10 heteroatoms. The molecule has 3 amide bonds. The van der Waals surface area contributed by atoms with E-state index in [2.05, 4.69) is 10.1 Å². The zero-order chi connectivity index (χ0) is 19.3. The maximum Gasteiger partial charge on any atom is 0.416 e. The van der Waals surface area contributed by atoms with E-state index in [4.69, 9.17) is 11.6 Å². The van der Waals surface area contributed by atoms with Crippen molar-refractivity contribution >= 4 is 35.6 Å². The number of hydrogen-bond donors (Lipinski definition) is 2. The van der Waals surface area contributed by atoms with Crippen molar-refractivity contribution in [2.24, 2.45) is 0 Å². The highest BCUT2D eigenvalue weighted by Gasteiger charge is 2.30. The lowest BCUT2D eigenvalue weighted by Crippen LogP contribution is -2.42. The molecule has 0 atom stereocenters. The zero-order valence-corrected chi connectivity index (χ0v) is 14.0. The van der Waals surface area contributed by atoms with Crippen LogP contribution in [0.15, 0.2) is 24.3 Å². The highest BCUT2D eigenvalue weighted by Crippen LogP contribution is 2.32. The largest absolute Gasteiger partial charge is 0.452 e. The van der Waals surface area contributed by atoms with E-state index in [0.29, 0.717) is 0 Å². The fraction of sp³-hybridized carbons (Fsp3) is 0.312. The summed E-state index contributed by atoms with van der Waals surface area (Å²) in [6, 6.07) is 2.03. The Kier molecular flexibility index (Phi) is 6.25. The van der Waals surface area contributed by atoms with Gasteiger partial charge in [0.15, 0.2) is 6.61 Å². The third-order valence-electron chi connectivity index (χ3n) is 3.23. The van der Waals surface area contributed by atoms with E-state index in [1.807, 2.05) is 5.32 Å². The molecule has 6 nitrogen and oxygen atoms in total. The second kappa shape index (κ2) is 8.22. The van der Waals surface area contributed by atoms with E-state index in [0.717, 1.165) is 43.2 Å². The molecule has 1 aliphatic carbocycles. The number of imide groups is 1. The topological polar surface area (TPSA) is 84.5 Å². The molecule has 1 aromatic rings. The summed E-state index contributed by atoms with van der Waals surface area (Å²) in [4.78, 5) is 34.3. The average Bonchev–Trinajstić information content (AvgIpc) is 3.34. The summed E-state index contributed by atoms with van der Waals surface area (Å²) in [7, 11) is 0. The van der Waals surface area contributed by atoms with Crippen molar-refractivity contribution < 1.29 is 32.3 Å². The number of urea groups is 1. The van der Waals surface area contributed by atoms with Gasteiger partial charge in [-0.1, -0.05) is 11.6 Å². The molecule has 26 heavy (non-hydrogen) atoms. The monoisotopic (exact) mass is 390 g/mol. The molecular formula is C16H14ClF3N2O4. The van der Waals surface area contributed by atoms with Crippen LogP contribution in [0, 0.1) is 0 Å². The molecule has 1 aliphatic rings. The van der Waals surface area contributed by atoms with Crippen LogP contribution in [0.5, 0.6) is 0 Å². The summed E-state index contributed by atoms with van der Waals surface area (Å²) in [5, 5.41) is 4.50. The number of rotatable bonds is 5. The number of carbonyl (C=O) groups excluding carboxylic acids is 3. The molecule has 1 saturated carbocycles. The van der Waals surface area contributed by atoms with E-state index < -0.39 is 36.3 Å². The number of carbonyl (C=O) groups is 3. The van der Waals surface area contributed by atoms with Crippen LogP contribution in [0.1, 0.15) is 24.0 Å². The SMILES string of the molecule is O=C(COC(=O)/C=C/c1cc(C(F)(F)F)ccc1Cl)NC(=O)NC1CC1. The number of hydrogen-bond acceptors (Lipinski definition) is 4. The van der Waals surface area contributed by atoms with E-state index in [1.54, 1.807) is 0 Å². The lowest BCUT2D eigenvalue weighted by atomic mass is 10.1. The van der Waals surface area contributed by atoms with Gasteiger partial charge in [-0.15, -0.1) is 0 Å². The molecule has 1 aromatic carbocycles. The first-order valence-corrected chi connectivity index (χ1v) is 7.85. The molecule has 0 heterocycles. The number of amides is 3. The number of benzene rings is 1. The Morgan fingerprint density at radius 1 is 1.27 bits per heavy atom. The number of nitrogens with one attached hydrogen (secondary N) is 2. The van der Waals surface area contributed by atoms with Gasteiger partial charge in [0.05, 0.1) is 5.56 Å². The molecule has 140 valence electrons. The molecule has 0 spiro atoms. The zero-order valence-electron chi connectivity index (χ0n) is 13.2. The first kappa shape index (κ1) is 19.8. The summed E-state index contributed by atoms with van der Waals surface area (Å²) < 4.78 is 42.6. The maximum absolute atomic E-state index is 12.7. The van der Waals surface area contributed by atoms with E-state index in [1.165, 1.54) is 0 Å². The van der Waals surface area contributed by atoms with Gasteiger partial charge >= 0.3 is 18.2 Å². The van der Waals surface area contributed by atoms with Gasteiger partial charge < -0.3 is 10.1 Å². The number of ether oxygens (including phenoxy) is 1. The number of halogens is 4. The fourth-order valence-electron chi connectivity index (χ4n) is 1.80. The highest BCUT2D eigenvalue weighted by atomic mass is 35.5. The van der Waals surface area contributed by atoms with E-state index >= 15 is 0 Å². The molecule has 0 bridgehead atoms. The third-order valence-corrected chi connectivity index (χ3v) is 3.58. The van der Waals surface area contributed by atoms with Gasteiger partial charge in [0, 0.05) is 17.1 Å². The summed E-state index contributed by atoms with van der Waals surface area (Å²) >= 11 is 5.78. The van der Waals surface area contributed by atoms with E-state index in [9.17, 15) is 27.6 Å². The van der Waals surface area contributed by atoms with Gasteiger partial charge in [0.1, 0.15) is 0 Å². The highest BCUT2D eigenvalue weighted by molar-refractivity contribution is 6.32. The number of alkyl halides is 3. The summed E-state index contributed by atoms with van der Waals surface area (Å²) in [5.74, 6) is -1.81. The quantitative estimate of drug-likeness (QED) is 0.598. The van der Waals surface area contributed by atoms with Crippen LogP contribution in [0.2, 0.25) is 5.02 Å². The Morgan fingerprint density at radius 3 is 2.58 bits per heavy atom. The number of esters is 1. The van der Waals surface area contributed by atoms with Gasteiger partial charge in [0.2, 0.25) is 0 Å². The van der Waals surface area contributed by atoms with Gasteiger partial charge in [-0.3, -0.25) is 10.1 Å². The average molecular weight is 391 g/mol. The molecule has 2 N–H and O–H groups in total. The van der Waals surface area contributed by atoms with Crippen molar-refractivity contribution in [3.05, 3.63) is 40.4 Å². The second-order valence-corrected chi connectivity index (χ2v) is 5.88. The molecular weight excluding hydrogens is 377 g/mol. The Hall–Kier alpha value is -2.55. The van der Waals surface area contributed by atoms with Crippen LogP contribution in [0.25, 0.3) is 6.08 Å². The Balaban J connectivity index is 1.85. The van der Waals surface area contributed by atoms with Gasteiger partial charge in [-0.2, -0.15) is 13.2 Å². The molecule has 0 aliphatic heterocycles. The predicted molar refractivity (Wildman–Crippen MR) is 86.1 cm³/mol. The van der Waals surface area contributed by atoms with Crippen LogP contribution >= 0.6 is 11.6 Å². The first-order valence-electron chi connectivity index (χ1n) is 7.47. The minimum atomic E-state index is -4.55. The minimum absolute atomic E-state index is 0.0107. The van der Waals surface area contributed by atoms with Crippen molar-refractivity contribution in [1.82, 2.24) is 10.6 Å². The second-order valence-electron chi connectivity index (χ2n) is 5.47. The van der Waals surface area contributed by atoms with E-state index in [-0.39, 0.29) is 16.6 Å². The molecule has 0 aromatic heterocycles. The minimum Gasteiger partial charge on any atom is -0.452 e. The van der Waals surface area contributed by atoms with Gasteiger partial charge in [0.25, 0.3) is 5.91 Å². The Bertz CT molecular complexity index is 746. The normalized spacial score (nSPS) is 14.2. The van der Waals surface area contributed by atoms with Crippen molar-refractivity contribution in [3.63, 3.8) is 0 Å². The first-order chi connectivity index (χ1) is 12.1. The van der Waals surface area contributed by atoms with Crippen LogP contribution in [-0.2, 0) is 20.5 Å². The van der Waals surface area contributed by atoms with Gasteiger partial charge in [-0.25, -0.2) is 9.59 Å². The molecule has 0 saturated heterocycles. The Labute approximate surface area is 151 Å². The molecule has 1 fully saturated rings. The molecule has 0 radical (unpaired) electrons. The predicted octanol–water partition coefficient (Wildman–Crippen LogP) is 2.90. The van der Waals surface area contributed by atoms with Crippen molar-refractivity contribution in [3.8, 4) is 0 Å². The fourth-order valence-corrected chi connectivity index (χ4v) is 1.98. The Morgan fingerprint density at radius 2 is 1.96 bits per heavy atom. The lowest BCUT2D eigenvalue weighted by Gasteiger charge is -2.08. The van der Waals surface area contributed by atoms with Crippen LogP contribution in [0.4, 0.5) is 18.0 Å². The molecule has 2 rings (SSSR count). The van der Waals surface area contributed by atoms with Crippen molar-refractivity contribution in [2.45, 2.75) is 25.1 Å².